The number of ketones is 1. The molecular formula is C26H30O7S. The average molecular weight is 487 g/mol. The molecule has 7 nitrogen and oxygen atoms in total. The van der Waals surface area contributed by atoms with Gasteiger partial charge in [-0.15, -0.1) is 11.3 Å². The predicted molar refractivity (Wildman–Crippen MR) is 133 cm³/mol. The number of benzene rings is 2. The molecule has 34 heavy (non-hydrogen) atoms. The van der Waals surface area contributed by atoms with E-state index in [-0.39, 0.29) is 35.0 Å². The molecule has 0 saturated heterocycles. The maximum absolute atomic E-state index is 13.6. The standard InChI is InChI=1S/C26H30O7S/c1-7-14(8-2)11-16(27)21-23(26(29)33-6)20(15-9-10-17(30-3)18(12-15)31-4)25-22(24(21)28)19(32-5)13-34-25/h9-10,12-14,28H,7-8,11H2,1-6H3. The van der Waals surface area contributed by atoms with Crippen LogP contribution in [0.4, 0.5) is 0 Å². The summed E-state index contributed by atoms with van der Waals surface area (Å²) in [6.07, 6.45) is 1.82. The van der Waals surface area contributed by atoms with Crippen molar-refractivity contribution in [1.29, 1.82) is 0 Å². The zero-order chi connectivity index (χ0) is 25.0. The van der Waals surface area contributed by atoms with Crippen LogP contribution in [0, 0.1) is 5.92 Å². The van der Waals surface area contributed by atoms with Gasteiger partial charge in [-0.1, -0.05) is 32.8 Å². The molecule has 1 heterocycles. The summed E-state index contributed by atoms with van der Waals surface area (Å²) in [7, 11) is 5.81. The van der Waals surface area contributed by atoms with Crippen molar-refractivity contribution in [3.63, 3.8) is 0 Å². The van der Waals surface area contributed by atoms with Crippen LogP contribution in [0.1, 0.15) is 53.8 Å². The van der Waals surface area contributed by atoms with E-state index < -0.39 is 5.97 Å². The summed E-state index contributed by atoms with van der Waals surface area (Å²) in [5.41, 5.74) is 1.07. The number of phenols is 1. The second-order valence-electron chi connectivity index (χ2n) is 7.85. The van der Waals surface area contributed by atoms with Crippen LogP contribution in [0.25, 0.3) is 21.2 Å². The Morgan fingerprint density at radius 1 is 0.941 bits per heavy atom. The predicted octanol–water partition coefficient (Wildman–Crippen LogP) is 6.10. The Morgan fingerprint density at radius 3 is 2.15 bits per heavy atom. The fourth-order valence-electron chi connectivity index (χ4n) is 4.17. The van der Waals surface area contributed by atoms with Gasteiger partial charge in [-0.3, -0.25) is 4.79 Å². The summed E-state index contributed by atoms with van der Waals surface area (Å²) in [5.74, 6) is 0.244. The van der Waals surface area contributed by atoms with Gasteiger partial charge >= 0.3 is 5.97 Å². The average Bonchev–Trinajstić information content (AvgIpc) is 3.30. The van der Waals surface area contributed by atoms with Gasteiger partial charge in [0, 0.05) is 17.4 Å². The lowest BCUT2D eigenvalue weighted by atomic mass is 9.86. The number of esters is 1. The van der Waals surface area contributed by atoms with Gasteiger partial charge in [0.05, 0.1) is 49.7 Å². The van der Waals surface area contributed by atoms with E-state index in [1.807, 2.05) is 13.8 Å². The van der Waals surface area contributed by atoms with Gasteiger partial charge in [0.2, 0.25) is 0 Å². The molecule has 0 fully saturated rings. The van der Waals surface area contributed by atoms with E-state index in [0.717, 1.165) is 12.8 Å². The largest absolute Gasteiger partial charge is 0.506 e. The number of phenolic OH excluding ortho intramolecular Hbond substituents is 1. The first kappa shape index (κ1) is 25.4. The summed E-state index contributed by atoms with van der Waals surface area (Å²) in [4.78, 5) is 26.7. The first-order valence-corrected chi connectivity index (χ1v) is 11.9. The SMILES string of the molecule is CCC(CC)CC(=O)c1c(C(=O)OC)c(-c2ccc(OC)c(OC)c2)c2scc(OC)c2c1O. The van der Waals surface area contributed by atoms with Crippen LogP contribution in [0.2, 0.25) is 0 Å². The summed E-state index contributed by atoms with van der Waals surface area (Å²) < 4.78 is 22.0. The van der Waals surface area contributed by atoms with Crippen molar-refractivity contribution >= 4 is 33.2 Å². The Morgan fingerprint density at radius 2 is 1.59 bits per heavy atom. The number of hydrogen-bond acceptors (Lipinski definition) is 8. The van der Waals surface area contributed by atoms with Crippen molar-refractivity contribution in [2.24, 2.45) is 5.92 Å². The number of thiophene rings is 1. The smallest absolute Gasteiger partial charge is 0.339 e. The molecule has 0 aliphatic carbocycles. The number of aromatic hydroxyl groups is 1. The minimum absolute atomic E-state index is 0.0279. The number of rotatable bonds is 10. The summed E-state index contributed by atoms with van der Waals surface area (Å²) in [6.45, 7) is 4.03. The number of hydrogen-bond donors (Lipinski definition) is 1. The molecule has 1 aromatic heterocycles. The molecule has 0 unspecified atom stereocenters. The third-order valence-electron chi connectivity index (χ3n) is 6.15. The fraction of sp³-hybridized carbons (Fsp3) is 0.385. The van der Waals surface area contributed by atoms with Crippen LogP contribution >= 0.6 is 11.3 Å². The van der Waals surface area contributed by atoms with Gasteiger partial charge in [-0.05, 0) is 23.6 Å². The maximum atomic E-state index is 13.6. The topological polar surface area (TPSA) is 91.3 Å². The molecule has 182 valence electrons. The number of Topliss-reactive ketones (excluding diaryl/α,β-unsaturated/α-hetero) is 1. The highest BCUT2D eigenvalue weighted by molar-refractivity contribution is 7.18. The molecule has 0 amide bonds. The van der Waals surface area contributed by atoms with Crippen molar-refractivity contribution in [3.05, 3.63) is 34.7 Å². The van der Waals surface area contributed by atoms with Gasteiger partial charge in [0.15, 0.2) is 17.3 Å². The Labute approximate surface area is 203 Å². The second kappa shape index (κ2) is 10.8. The van der Waals surface area contributed by atoms with Crippen LogP contribution in [0.5, 0.6) is 23.0 Å². The van der Waals surface area contributed by atoms with Gasteiger partial charge in [0.1, 0.15) is 11.5 Å². The number of methoxy groups -OCH3 is 4. The molecule has 3 rings (SSSR count). The highest BCUT2D eigenvalue weighted by Gasteiger charge is 2.32. The molecule has 0 saturated carbocycles. The zero-order valence-electron chi connectivity index (χ0n) is 20.3. The van der Waals surface area contributed by atoms with Crippen molar-refractivity contribution < 1.29 is 33.6 Å². The maximum Gasteiger partial charge on any atom is 0.339 e. The van der Waals surface area contributed by atoms with E-state index in [1.54, 1.807) is 23.6 Å². The highest BCUT2D eigenvalue weighted by Crippen LogP contribution is 2.49. The fourth-order valence-corrected chi connectivity index (χ4v) is 5.26. The van der Waals surface area contributed by atoms with E-state index in [1.165, 1.54) is 39.8 Å². The highest BCUT2D eigenvalue weighted by atomic mass is 32.1. The number of fused-ring (bicyclic) bond motifs is 1. The summed E-state index contributed by atoms with van der Waals surface area (Å²) >= 11 is 1.31. The summed E-state index contributed by atoms with van der Waals surface area (Å²) in [6, 6.07) is 5.24. The molecule has 0 aliphatic rings. The molecule has 1 N–H and O–H groups in total. The van der Waals surface area contributed by atoms with E-state index in [9.17, 15) is 14.7 Å². The second-order valence-corrected chi connectivity index (χ2v) is 8.73. The third kappa shape index (κ3) is 4.42. The third-order valence-corrected chi connectivity index (χ3v) is 7.12. The first-order valence-electron chi connectivity index (χ1n) is 11.0. The molecule has 8 heteroatoms. The number of ether oxygens (including phenoxy) is 4. The molecule has 0 radical (unpaired) electrons. The van der Waals surface area contributed by atoms with E-state index >= 15 is 0 Å². The lowest BCUT2D eigenvalue weighted by Crippen LogP contribution is -2.15. The minimum atomic E-state index is -0.706. The quantitative estimate of drug-likeness (QED) is 0.274. The van der Waals surface area contributed by atoms with Crippen LogP contribution in [0.15, 0.2) is 23.6 Å². The van der Waals surface area contributed by atoms with Gasteiger partial charge in [0.25, 0.3) is 0 Å². The van der Waals surface area contributed by atoms with Crippen LogP contribution in [-0.2, 0) is 4.74 Å². The summed E-state index contributed by atoms with van der Waals surface area (Å²) in [5, 5.41) is 13.4. The Balaban J connectivity index is 2.46. The van der Waals surface area contributed by atoms with Crippen LogP contribution < -0.4 is 14.2 Å². The monoisotopic (exact) mass is 486 g/mol. The van der Waals surface area contributed by atoms with E-state index in [4.69, 9.17) is 18.9 Å². The Bertz CT molecular complexity index is 1210. The molecular weight excluding hydrogens is 456 g/mol. The Hall–Kier alpha value is -3.26. The van der Waals surface area contributed by atoms with Gasteiger partial charge in [-0.2, -0.15) is 0 Å². The van der Waals surface area contributed by atoms with Crippen LogP contribution in [0.3, 0.4) is 0 Å². The van der Waals surface area contributed by atoms with Gasteiger partial charge in [-0.25, -0.2) is 4.79 Å². The lowest BCUT2D eigenvalue weighted by molar-refractivity contribution is 0.0597. The molecule has 0 aliphatic heterocycles. The number of carbonyl (C=O) groups is 2. The Kier molecular flexibility index (Phi) is 8.04. The molecule has 3 aromatic rings. The van der Waals surface area contributed by atoms with Crippen molar-refractivity contribution in [2.75, 3.05) is 28.4 Å². The van der Waals surface area contributed by atoms with Crippen molar-refractivity contribution in [2.45, 2.75) is 33.1 Å². The molecule has 0 atom stereocenters. The van der Waals surface area contributed by atoms with E-state index in [2.05, 4.69) is 0 Å². The molecule has 0 bridgehead atoms. The first-order chi connectivity index (χ1) is 16.4. The number of carbonyl (C=O) groups excluding carboxylic acids is 2. The van der Waals surface area contributed by atoms with Gasteiger partial charge < -0.3 is 24.1 Å². The van der Waals surface area contributed by atoms with E-state index in [0.29, 0.717) is 38.5 Å². The minimum Gasteiger partial charge on any atom is -0.506 e. The normalized spacial score (nSPS) is 11.0. The van der Waals surface area contributed by atoms with Crippen LogP contribution in [-0.4, -0.2) is 45.3 Å². The molecule has 0 spiro atoms. The van der Waals surface area contributed by atoms with Crippen molar-refractivity contribution in [1.82, 2.24) is 0 Å². The lowest BCUT2D eigenvalue weighted by Gasteiger charge is -2.19. The zero-order valence-corrected chi connectivity index (χ0v) is 21.1. The van der Waals surface area contributed by atoms with Crippen molar-refractivity contribution in [3.8, 4) is 34.1 Å². The molecule has 2 aromatic carbocycles.